The molecule has 3 aromatic heterocycles. The molecule has 134 valence electrons. The number of nitrogens with zero attached hydrogens (tertiary/aromatic N) is 3. The van der Waals surface area contributed by atoms with Crippen LogP contribution < -0.4 is 5.32 Å². The van der Waals surface area contributed by atoms with Gasteiger partial charge >= 0.3 is 0 Å². The number of amides is 1. The molecular formula is C21H19N5O. The first-order chi connectivity index (χ1) is 13.2. The van der Waals surface area contributed by atoms with Gasteiger partial charge in [-0.25, -0.2) is 4.98 Å². The number of carbonyl (C=O) groups is 1. The minimum Gasteiger partial charge on any atom is -0.341 e. The number of carbonyl (C=O) groups excluding carboxylic acids is 1. The highest BCUT2D eigenvalue weighted by Gasteiger charge is 2.45. The van der Waals surface area contributed by atoms with Crippen molar-refractivity contribution in [1.29, 1.82) is 0 Å². The Labute approximate surface area is 156 Å². The summed E-state index contributed by atoms with van der Waals surface area (Å²) in [6.07, 6.45) is 5.48. The summed E-state index contributed by atoms with van der Waals surface area (Å²) < 4.78 is 1.86. The molecule has 3 heterocycles. The van der Waals surface area contributed by atoms with E-state index in [9.17, 15) is 4.79 Å². The molecule has 1 aliphatic carbocycles. The van der Waals surface area contributed by atoms with E-state index < -0.39 is 0 Å². The summed E-state index contributed by atoms with van der Waals surface area (Å²) in [5.74, 6) is -0.0679. The van der Waals surface area contributed by atoms with Gasteiger partial charge in [0.15, 0.2) is 0 Å². The highest BCUT2D eigenvalue weighted by molar-refractivity contribution is 5.98. The van der Waals surface area contributed by atoms with Gasteiger partial charge < -0.3 is 9.88 Å². The normalized spacial score (nSPS) is 15.0. The summed E-state index contributed by atoms with van der Waals surface area (Å²) in [6.45, 7) is 0. The van der Waals surface area contributed by atoms with Crippen molar-refractivity contribution in [2.75, 3.05) is 0 Å². The van der Waals surface area contributed by atoms with Crippen molar-refractivity contribution < 1.29 is 4.79 Å². The number of hydrogen-bond acceptors (Lipinski definition) is 3. The lowest BCUT2D eigenvalue weighted by Gasteiger charge is -2.18. The fraction of sp³-hybridized carbons (Fsp3) is 0.190. The fourth-order valence-electron chi connectivity index (χ4n) is 3.62. The second-order valence-corrected chi connectivity index (χ2v) is 7.09. The van der Waals surface area contributed by atoms with Crippen LogP contribution in [0.2, 0.25) is 0 Å². The Bertz CT molecular complexity index is 1120. The Balaban J connectivity index is 1.48. The lowest BCUT2D eigenvalue weighted by molar-refractivity contribution is 0.0923. The molecule has 6 nitrogen and oxygen atoms in total. The summed E-state index contributed by atoms with van der Waals surface area (Å²) >= 11 is 0. The van der Waals surface area contributed by atoms with Crippen LogP contribution in [-0.4, -0.2) is 25.7 Å². The largest absolute Gasteiger partial charge is 0.341 e. The standard InChI is InChI=1S/C21H19N5O/c1-26-18(20(27)25-21(9-10-21)16-5-3-2-4-6-16)11-14-7-8-17(24-19(14)26)15-12-22-23-13-15/h2-8,11-13H,9-10H2,1H3,(H,22,23)(H,25,27). The predicted molar refractivity (Wildman–Crippen MR) is 103 cm³/mol. The van der Waals surface area contributed by atoms with Gasteiger partial charge in [0.2, 0.25) is 0 Å². The Morgan fingerprint density at radius 2 is 2.00 bits per heavy atom. The maximum atomic E-state index is 13.0. The first kappa shape index (κ1) is 15.8. The molecule has 1 aliphatic rings. The van der Waals surface area contributed by atoms with Gasteiger partial charge in [0.25, 0.3) is 5.91 Å². The number of aromatic nitrogens is 4. The summed E-state index contributed by atoms with van der Waals surface area (Å²) in [4.78, 5) is 17.7. The molecule has 2 N–H and O–H groups in total. The minimum atomic E-state index is -0.232. The van der Waals surface area contributed by atoms with E-state index in [0.717, 1.165) is 40.7 Å². The molecule has 6 heteroatoms. The van der Waals surface area contributed by atoms with Gasteiger partial charge in [-0.2, -0.15) is 5.10 Å². The van der Waals surface area contributed by atoms with Gasteiger partial charge in [-0.05, 0) is 36.6 Å². The van der Waals surface area contributed by atoms with Crippen LogP contribution in [0.3, 0.4) is 0 Å². The molecule has 0 bridgehead atoms. The van der Waals surface area contributed by atoms with Crippen LogP contribution in [0.5, 0.6) is 0 Å². The summed E-state index contributed by atoms with van der Waals surface area (Å²) in [5.41, 5.74) is 4.08. The summed E-state index contributed by atoms with van der Waals surface area (Å²) in [6, 6.07) is 16.0. The second kappa shape index (κ2) is 5.81. The van der Waals surface area contributed by atoms with Crippen molar-refractivity contribution in [3.05, 3.63) is 72.2 Å². The third kappa shape index (κ3) is 2.61. The fourth-order valence-corrected chi connectivity index (χ4v) is 3.62. The maximum absolute atomic E-state index is 13.0. The van der Waals surface area contributed by atoms with E-state index in [0.29, 0.717) is 5.69 Å². The average Bonchev–Trinajstić information content (AvgIpc) is 3.14. The molecule has 5 rings (SSSR count). The average molecular weight is 357 g/mol. The van der Waals surface area contributed by atoms with E-state index in [2.05, 4.69) is 27.6 Å². The van der Waals surface area contributed by atoms with E-state index in [1.54, 1.807) is 12.4 Å². The maximum Gasteiger partial charge on any atom is 0.268 e. The van der Waals surface area contributed by atoms with Gasteiger partial charge in [0.1, 0.15) is 11.3 Å². The number of fused-ring (bicyclic) bond motifs is 1. The third-order valence-electron chi connectivity index (χ3n) is 5.33. The Morgan fingerprint density at radius 1 is 1.19 bits per heavy atom. The molecule has 1 aromatic carbocycles. The van der Waals surface area contributed by atoms with E-state index in [4.69, 9.17) is 4.98 Å². The van der Waals surface area contributed by atoms with Crippen molar-refractivity contribution in [3.8, 4) is 11.3 Å². The number of benzene rings is 1. The number of nitrogens with one attached hydrogen (secondary N) is 2. The van der Waals surface area contributed by atoms with E-state index in [-0.39, 0.29) is 11.4 Å². The molecule has 0 spiro atoms. The van der Waals surface area contributed by atoms with Gasteiger partial charge in [-0.3, -0.25) is 9.89 Å². The monoisotopic (exact) mass is 357 g/mol. The van der Waals surface area contributed by atoms with Crippen molar-refractivity contribution in [2.24, 2.45) is 7.05 Å². The molecule has 1 saturated carbocycles. The van der Waals surface area contributed by atoms with Crippen LogP contribution in [0.1, 0.15) is 28.9 Å². The van der Waals surface area contributed by atoms with E-state index in [1.165, 1.54) is 0 Å². The lowest BCUT2D eigenvalue weighted by atomic mass is 10.0. The highest BCUT2D eigenvalue weighted by Crippen LogP contribution is 2.45. The van der Waals surface area contributed by atoms with Crippen LogP contribution in [0, 0.1) is 0 Å². The topological polar surface area (TPSA) is 75.6 Å². The van der Waals surface area contributed by atoms with Crippen molar-refractivity contribution in [2.45, 2.75) is 18.4 Å². The number of aromatic amines is 1. The number of rotatable bonds is 4. The number of H-pyrrole nitrogens is 1. The molecule has 0 saturated heterocycles. The van der Waals surface area contributed by atoms with Gasteiger partial charge in [-0.15, -0.1) is 0 Å². The minimum absolute atomic E-state index is 0.0679. The highest BCUT2D eigenvalue weighted by atomic mass is 16.2. The summed E-state index contributed by atoms with van der Waals surface area (Å²) in [5, 5.41) is 11.0. The Hall–Kier alpha value is -3.41. The molecule has 0 unspecified atom stereocenters. The van der Waals surface area contributed by atoms with E-state index in [1.807, 2.05) is 48.0 Å². The SMILES string of the molecule is Cn1c(C(=O)NC2(c3ccccc3)CC2)cc2ccc(-c3cn[nH]c3)nc21. The smallest absolute Gasteiger partial charge is 0.268 e. The van der Waals surface area contributed by atoms with Gasteiger partial charge in [0.05, 0.1) is 17.4 Å². The molecule has 1 fully saturated rings. The van der Waals surface area contributed by atoms with Crippen LogP contribution in [0.15, 0.2) is 60.9 Å². The van der Waals surface area contributed by atoms with E-state index >= 15 is 0 Å². The zero-order valence-corrected chi connectivity index (χ0v) is 14.9. The molecule has 27 heavy (non-hydrogen) atoms. The van der Waals surface area contributed by atoms with Crippen molar-refractivity contribution in [1.82, 2.24) is 25.1 Å². The van der Waals surface area contributed by atoms with Crippen LogP contribution in [-0.2, 0) is 12.6 Å². The van der Waals surface area contributed by atoms with Crippen molar-refractivity contribution in [3.63, 3.8) is 0 Å². The first-order valence-electron chi connectivity index (χ1n) is 9.00. The number of pyridine rings is 1. The molecular weight excluding hydrogens is 338 g/mol. The molecule has 0 atom stereocenters. The quantitative estimate of drug-likeness (QED) is 0.588. The lowest BCUT2D eigenvalue weighted by Crippen LogP contribution is -2.35. The predicted octanol–water partition coefficient (Wildman–Crippen LogP) is 3.38. The van der Waals surface area contributed by atoms with Crippen LogP contribution >= 0.6 is 0 Å². The first-order valence-corrected chi connectivity index (χ1v) is 9.00. The summed E-state index contributed by atoms with van der Waals surface area (Å²) in [7, 11) is 1.88. The zero-order valence-electron chi connectivity index (χ0n) is 14.9. The van der Waals surface area contributed by atoms with Crippen molar-refractivity contribution >= 4 is 16.9 Å². The van der Waals surface area contributed by atoms with Gasteiger partial charge in [-0.1, -0.05) is 30.3 Å². The molecule has 1 amide bonds. The molecule has 0 radical (unpaired) electrons. The second-order valence-electron chi connectivity index (χ2n) is 7.09. The van der Waals surface area contributed by atoms with Crippen LogP contribution in [0.25, 0.3) is 22.3 Å². The number of aryl methyl sites for hydroxylation is 1. The van der Waals surface area contributed by atoms with Crippen LogP contribution in [0.4, 0.5) is 0 Å². The molecule has 0 aliphatic heterocycles. The van der Waals surface area contributed by atoms with Gasteiger partial charge in [0, 0.05) is 24.2 Å². The Morgan fingerprint density at radius 3 is 2.70 bits per heavy atom. The Kier molecular flexibility index (Phi) is 3.40. The zero-order chi connectivity index (χ0) is 18.4. The molecule has 4 aromatic rings. The third-order valence-corrected chi connectivity index (χ3v) is 5.33. The number of hydrogen-bond donors (Lipinski definition) is 2.